The molecule has 4 nitrogen and oxygen atoms in total. The number of rotatable bonds is 4. The Hall–Kier alpha value is -1.39. The molecule has 3 N–H and O–H groups in total. The summed E-state index contributed by atoms with van der Waals surface area (Å²) in [6.45, 7) is 1.14. The molecule has 18 heavy (non-hydrogen) atoms. The van der Waals surface area contributed by atoms with E-state index in [0.717, 1.165) is 5.56 Å². The van der Waals surface area contributed by atoms with Gasteiger partial charge in [0.25, 0.3) is 0 Å². The Kier molecular flexibility index (Phi) is 4.33. The van der Waals surface area contributed by atoms with Crippen LogP contribution in [0.15, 0.2) is 30.3 Å². The summed E-state index contributed by atoms with van der Waals surface area (Å²) in [6.07, 6.45) is 1.44. The van der Waals surface area contributed by atoms with Crippen molar-refractivity contribution >= 4 is 5.91 Å². The first-order chi connectivity index (χ1) is 8.66. The average molecular weight is 248 g/mol. The van der Waals surface area contributed by atoms with Gasteiger partial charge in [0, 0.05) is 25.6 Å². The lowest BCUT2D eigenvalue weighted by atomic mass is 10.0. The Balaban J connectivity index is 1.79. The number of aliphatic hydroxyl groups is 1. The number of likely N-dealkylation sites (tertiary alicyclic amines) is 1. The van der Waals surface area contributed by atoms with Gasteiger partial charge in [-0.15, -0.1) is 0 Å². The zero-order valence-corrected chi connectivity index (χ0v) is 10.5. The molecule has 0 radical (unpaired) electrons. The summed E-state index contributed by atoms with van der Waals surface area (Å²) in [6, 6.07) is 9.72. The van der Waals surface area contributed by atoms with Crippen LogP contribution in [0.3, 0.4) is 0 Å². The van der Waals surface area contributed by atoms with E-state index in [4.69, 9.17) is 5.73 Å². The van der Waals surface area contributed by atoms with E-state index in [1.807, 2.05) is 30.3 Å². The Morgan fingerprint density at radius 2 is 2.17 bits per heavy atom. The molecule has 1 aromatic rings. The second-order valence-corrected chi connectivity index (χ2v) is 4.84. The molecule has 0 aromatic heterocycles. The van der Waals surface area contributed by atoms with Crippen LogP contribution in [0.1, 0.15) is 30.9 Å². The van der Waals surface area contributed by atoms with E-state index in [2.05, 4.69) is 0 Å². The molecular formula is C14H20N2O2. The number of amides is 1. The normalized spacial score (nSPS) is 21.0. The van der Waals surface area contributed by atoms with Crippen molar-refractivity contribution < 1.29 is 9.90 Å². The second kappa shape index (κ2) is 5.98. The van der Waals surface area contributed by atoms with E-state index in [-0.39, 0.29) is 18.1 Å². The van der Waals surface area contributed by atoms with Crippen LogP contribution < -0.4 is 5.73 Å². The van der Waals surface area contributed by atoms with Gasteiger partial charge in [-0.2, -0.15) is 0 Å². The van der Waals surface area contributed by atoms with Crippen LogP contribution in [0.25, 0.3) is 0 Å². The second-order valence-electron chi connectivity index (χ2n) is 4.84. The van der Waals surface area contributed by atoms with Gasteiger partial charge in [0.1, 0.15) is 0 Å². The molecule has 0 bridgehead atoms. The molecule has 1 aromatic carbocycles. The number of carbonyl (C=O) groups excluding carboxylic acids is 1. The number of β-amino-alcohol motifs (C(OH)–C–C–N with tert-alkyl or cyclic N) is 1. The van der Waals surface area contributed by atoms with E-state index in [9.17, 15) is 9.90 Å². The first-order valence-corrected chi connectivity index (χ1v) is 6.43. The molecule has 1 fully saturated rings. The molecule has 0 spiro atoms. The molecule has 1 saturated heterocycles. The van der Waals surface area contributed by atoms with Crippen LogP contribution >= 0.6 is 0 Å². The summed E-state index contributed by atoms with van der Waals surface area (Å²) in [4.78, 5) is 13.6. The summed E-state index contributed by atoms with van der Waals surface area (Å²) in [5.74, 6) is 0.0953. The topological polar surface area (TPSA) is 66.6 Å². The molecular weight excluding hydrogens is 228 g/mol. The number of hydrogen-bond donors (Lipinski definition) is 2. The molecule has 2 atom stereocenters. The molecule has 1 amide bonds. The lowest BCUT2D eigenvalue weighted by Gasteiger charge is -2.17. The van der Waals surface area contributed by atoms with Gasteiger partial charge in [0.05, 0.1) is 6.10 Å². The minimum absolute atomic E-state index is 0.0947. The molecule has 2 rings (SSSR count). The third kappa shape index (κ3) is 3.31. The zero-order chi connectivity index (χ0) is 13.0. The number of nitrogens with zero attached hydrogens (tertiary/aromatic N) is 1. The lowest BCUT2D eigenvalue weighted by molar-refractivity contribution is -0.130. The van der Waals surface area contributed by atoms with Crippen LogP contribution in [0.5, 0.6) is 0 Å². The van der Waals surface area contributed by atoms with Gasteiger partial charge in [-0.1, -0.05) is 30.3 Å². The quantitative estimate of drug-likeness (QED) is 0.837. The fourth-order valence-electron chi connectivity index (χ4n) is 2.27. The van der Waals surface area contributed by atoms with Crippen molar-refractivity contribution in [3.63, 3.8) is 0 Å². The van der Waals surface area contributed by atoms with Crippen LogP contribution in [-0.2, 0) is 4.79 Å². The van der Waals surface area contributed by atoms with E-state index < -0.39 is 0 Å². The van der Waals surface area contributed by atoms with E-state index in [0.29, 0.717) is 32.4 Å². The van der Waals surface area contributed by atoms with E-state index in [1.54, 1.807) is 4.90 Å². The monoisotopic (exact) mass is 248 g/mol. The summed E-state index contributed by atoms with van der Waals surface area (Å²) >= 11 is 0. The Morgan fingerprint density at radius 3 is 2.78 bits per heavy atom. The highest BCUT2D eigenvalue weighted by Crippen LogP contribution is 2.17. The van der Waals surface area contributed by atoms with Crippen LogP contribution in [-0.4, -0.2) is 35.1 Å². The van der Waals surface area contributed by atoms with Gasteiger partial charge in [-0.05, 0) is 18.4 Å². The molecule has 1 aliphatic rings. The lowest BCUT2D eigenvalue weighted by Crippen LogP contribution is -2.30. The smallest absolute Gasteiger partial charge is 0.222 e. The summed E-state index contributed by atoms with van der Waals surface area (Å²) in [5, 5.41) is 9.39. The fraction of sp³-hybridized carbons (Fsp3) is 0.500. The standard InChI is InChI=1S/C14H20N2O2/c15-13(11-4-2-1-3-5-11)6-7-14(18)16-9-8-12(17)10-16/h1-5,12-13,17H,6-10,15H2. The first-order valence-electron chi connectivity index (χ1n) is 6.43. The van der Waals surface area contributed by atoms with Crippen LogP contribution in [0.2, 0.25) is 0 Å². The van der Waals surface area contributed by atoms with Crippen molar-refractivity contribution in [2.75, 3.05) is 13.1 Å². The third-order valence-electron chi connectivity index (χ3n) is 3.41. The minimum Gasteiger partial charge on any atom is -0.391 e. The Bertz CT molecular complexity index is 394. The molecule has 1 heterocycles. The average Bonchev–Trinajstić information content (AvgIpc) is 2.83. The highest BCUT2D eigenvalue weighted by Gasteiger charge is 2.24. The van der Waals surface area contributed by atoms with Gasteiger partial charge in [-0.25, -0.2) is 0 Å². The number of benzene rings is 1. The number of aliphatic hydroxyl groups excluding tert-OH is 1. The maximum absolute atomic E-state index is 11.9. The van der Waals surface area contributed by atoms with Crippen molar-refractivity contribution in [2.24, 2.45) is 5.73 Å². The van der Waals surface area contributed by atoms with Crippen molar-refractivity contribution in [2.45, 2.75) is 31.4 Å². The van der Waals surface area contributed by atoms with Gasteiger partial charge in [-0.3, -0.25) is 4.79 Å². The summed E-state index contributed by atoms with van der Waals surface area (Å²) in [7, 11) is 0. The minimum atomic E-state index is -0.350. The van der Waals surface area contributed by atoms with Crippen LogP contribution in [0.4, 0.5) is 0 Å². The highest BCUT2D eigenvalue weighted by atomic mass is 16.3. The zero-order valence-electron chi connectivity index (χ0n) is 10.5. The number of hydrogen-bond acceptors (Lipinski definition) is 3. The number of carbonyl (C=O) groups is 1. The maximum Gasteiger partial charge on any atom is 0.222 e. The van der Waals surface area contributed by atoms with Crippen molar-refractivity contribution in [3.05, 3.63) is 35.9 Å². The predicted octanol–water partition coefficient (Wildman–Crippen LogP) is 1.06. The summed E-state index contributed by atoms with van der Waals surface area (Å²) in [5.41, 5.74) is 7.11. The molecule has 0 saturated carbocycles. The molecule has 4 heteroatoms. The van der Waals surface area contributed by atoms with Gasteiger partial charge >= 0.3 is 0 Å². The van der Waals surface area contributed by atoms with Gasteiger partial charge in [0.15, 0.2) is 0 Å². The molecule has 1 aliphatic heterocycles. The SMILES string of the molecule is NC(CCC(=O)N1CCC(O)C1)c1ccccc1. The maximum atomic E-state index is 11.9. The van der Waals surface area contributed by atoms with E-state index >= 15 is 0 Å². The fourth-order valence-corrected chi connectivity index (χ4v) is 2.27. The van der Waals surface area contributed by atoms with Crippen molar-refractivity contribution in [1.29, 1.82) is 0 Å². The third-order valence-corrected chi connectivity index (χ3v) is 3.41. The molecule has 0 aliphatic carbocycles. The van der Waals surface area contributed by atoms with Crippen molar-refractivity contribution in [1.82, 2.24) is 4.90 Å². The number of nitrogens with two attached hydrogens (primary N) is 1. The Labute approximate surface area is 107 Å². The van der Waals surface area contributed by atoms with E-state index in [1.165, 1.54) is 0 Å². The van der Waals surface area contributed by atoms with Crippen LogP contribution in [0, 0.1) is 0 Å². The van der Waals surface area contributed by atoms with Gasteiger partial charge < -0.3 is 15.7 Å². The molecule has 2 unspecified atom stereocenters. The largest absolute Gasteiger partial charge is 0.391 e. The summed E-state index contributed by atoms with van der Waals surface area (Å²) < 4.78 is 0. The Morgan fingerprint density at radius 1 is 1.44 bits per heavy atom. The molecule has 98 valence electrons. The first kappa shape index (κ1) is 13.1. The van der Waals surface area contributed by atoms with Gasteiger partial charge in [0.2, 0.25) is 5.91 Å². The van der Waals surface area contributed by atoms with Crippen molar-refractivity contribution in [3.8, 4) is 0 Å². The highest BCUT2D eigenvalue weighted by molar-refractivity contribution is 5.76. The predicted molar refractivity (Wildman–Crippen MR) is 69.8 cm³/mol.